The van der Waals surface area contributed by atoms with Gasteiger partial charge in [0.1, 0.15) is 0 Å². The summed E-state index contributed by atoms with van der Waals surface area (Å²) in [4.78, 5) is 11.9. The fourth-order valence-corrected chi connectivity index (χ4v) is 2.99. The van der Waals surface area contributed by atoms with E-state index in [1.54, 1.807) is 24.0 Å². The van der Waals surface area contributed by atoms with Crippen LogP contribution < -0.4 is 5.32 Å². The van der Waals surface area contributed by atoms with Crippen LogP contribution in [0.5, 0.6) is 0 Å². The number of halogens is 4. The molecule has 2 heterocycles. The van der Waals surface area contributed by atoms with E-state index >= 15 is 0 Å². The number of rotatable bonds is 6. The van der Waals surface area contributed by atoms with Crippen molar-refractivity contribution in [3.63, 3.8) is 0 Å². The molecule has 1 fully saturated rings. The lowest BCUT2D eigenvalue weighted by Gasteiger charge is -2.07. The van der Waals surface area contributed by atoms with Gasteiger partial charge in [0.25, 0.3) is 0 Å². The van der Waals surface area contributed by atoms with Gasteiger partial charge < -0.3 is 5.32 Å². The highest BCUT2D eigenvalue weighted by molar-refractivity contribution is 6.32. The van der Waals surface area contributed by atoms with Crippen LogP contribution in [0.3, 0.4) is 0 Å². The molecule has 0 atom stereocenters. The molecule has 0 bridgehead atoms. The van der Waals surface area contributed by atoms with Crippen molar-refractivity contribution in [2.45, 2.75) is 44.4 Å². The van der Waals surface area contributed by atoms with Crippen LogP contribution >= 0.6 is 11.6 Å². The van der Waals surface area contributed by atoms with Crippen LogP contribution in [0.15, 0.2) is 12.3 Å². The molecule has 6 nitrogen and oxygen atoms in total. The van der Waals surface area contributed by atoms with Crippen LogP contribution in [-0.4, -0.2) is 25.5 Å². The number of carbonyl (C=O) groups excluding carboxylic acids is 1. The Labute approximate surface area is 146 Å². The first-order chi connectivity index (χ1) is 11.8. The maximum atomic E-state index is 13.0. The number of aryl methyl sites for hydroxylation is 2. The zero-order valence-electron chi connectivity index (χ0n) is 13.5. The van der Waals surface area contributed by atoms with Gasteiger partial charge in [0.15, 0.2) is 5.69 Å². The molecule has 10 heteroatoms. The first-order valence-corrected chi connectivity index (χ1v) is 8.22. The Bertz CT molecular complexity index is 779. The molecule has 136 valence electrons. The third-order valence-electron chi connectivity index (χ3n) is 3.95. The van der Waals surface area contributed by atoms with E-state index in [1.165, 1.54) is 4.68 Å². The largest absolute Gasteiger partial charge is 0.436 e. The topological polar surface area (TPSA) is 64.7 Å². The van der Waals surface area contributed by atoms with Gasteiger partial charge in [-0.1, -0.05) is 11.6 Å². The van der Waals surface area contributed by atoms with Gasteiger partial charge in [0, 0.05) is 25.6 Å². The van der Waals surface area contributed by atoms with Gasteiger partial charge in [-0.2, -0.15) is 23.4 Å². The highest BCUT2D eigenvalue weighted by Gasteiger charge is 2.41. The Hall–Kier alpha value is -2.03. The summed E-state index contributed by atoms with van der Waals surface area (Å²) in [7, 11) is 1.77. The second-order valence-electron chi connectivity index (χ2n) is 6.05. The third-order valence-corrected chi connectivity index (χ3v) is 4.32. The summed E-state index contributed by atoms with van der Waals surface area (Å²) in [6.07, 6.45) is -1.26. The minimum Gasteiger partial charge on any atom is -0.350 e. The maximum absolute atomic E-state index is 13.0. The summed E-state index contributed by atoms with van der Waals surface area (Å²) in [5, 5.41) is 10.1. The molecule has 2 aromatic rings. The van der Waals surface area contributed by atoms with Crippen molar-refractivity contribution >= 4 is 17.5 Å². The first-order valence-electron chi connectivity index (χ1n) is 7.84. The second kappa shape index (κ2) is 6.70. The van der Waals surface area contributed by atoms with Crippen LogP contribution in [0.4, 0.5) is 13.2 Å². The lowest BCUT2D eigenvalue weighted by Crippen LogP contribution is -2.24. The van der Waals surface area contributed by atoms with Gasteiger partial charge >= 0.3 is 6.18 Å². The average Bonchev–Trinajstić information content (AvgIpc) is 3.18. The fraction of sp³-hybridized carbons (Fsp3) is 0.533. The molecule has 0 aromatic carbocycles. The number of amides is 1. The van der Waals surface area contributed by atoms with Gasteiger partial charge in [-0.05, 0) is 18.9 Å². The molecule has 3 rings (SSSR count). The Kier molecular flexibility index (Phi) is 4.77. The molecule has 0 unspecified atom stereocenters. The number of aromatic nitrogens is 4. The second-order valence-corrected chi connectivity index (χ2v) is 6.43. The molecule has 1 aliphatic carbocycles. The maximum Gasteiger partial charge on any atom is 0.436 e. The van der Waals surface area contributed by atoms with Crippen molar-refractivity contribution in [2.75, 3.05) is 0 Å². The van der Waals surface area contributed by atoms with Gasteiger partial charge in [-0.25, -0.2) is 0 Å². The van der Waals surface area contributed by atoms with E-state index in [0.717, 1.165) is 12.8 Å². The Balaban J connectivity index is 1.63. The molecule has 1 N–H and O–H groups in total. The molecular formula is C15H17ClF3N5O. The van der Waals surface area contributed by atoms with E-state index < -0.39 is 11.9 Å². The minimum atomic E-state index is -4.60. The summed E-state index contributed by atoms with van der Waals surface area (Å²) in [5.41, 5.74) is 0.00693. The molecule has 0 spiro atoms. The third kappa shape index (κ3) is 4.15. The van der Waals surface area contributed by atoms with Gasteiger partial charge in [0.05, 0.1) is 29.5 Å². The molecule has 0 saturated heterocycles. The number of alkyl halides is 3. The Morgan fingerprint density at radius 2 is 2.12 bits per heavy atom. The number of hydrogen-bond donors (Lipinski definition) is 1. The monoisotopic (exact) mass is 375 g/mol. The standard InChI is InChI=1S/C15H17ClF3N5O/c1-23-6-4-10(21-23)8-20-11(25)5-7-24-13(9-2-3-9)12(16)14(22-24)15(17,18)19/h4,6,9H,2-3,5,7-8H2,1H3,(H,20,25). The molecule has 2 aromatic heterocycles. The molecule has 0 aliphatic heterocycles. The van der Waals surface area contributed by atoms with E-state index in [4.69, 9.17) is 11.6 Å². The van der Waals surface area contributed by atoms with Crippen LogP contribution in [0.25, 0.3) is 0 Å². The summed E-state index contributed by atoms with van der Waals surface area (Å²) in [6.45, 7) is 0.318. The van der Waals surface area contributed by atoms with E-state index in [9.17, 15) is 18.0 Å². The summed E-state index contributed by atoms with van der Waals surface area (Å²) < 4.78 is 41.8. The quantitative estimate of drug-likeness (QED) is 0.844. The molecule has 25 heavy (non-hydrogen) atoms. The zero-order chi connectivity index (χ0) is 18.2. The van der Waals surface area contributed by atoms with Crippen LogP contribution in [0.2, 0.25) is 5.02 Å². The van der Waals surface area contributed by atoms with Crippen molar-refractivity contribution in [1.29, 1.82) is 0 Å². The van der Waals surface area contributed by atoms with Crippen molar-refractivity contribution in [2.24, 2.45) is 7.05 Å². The smallest absolute Gasteiger partial charge is 0.350 e. The molecule has 0 radical (unpaired) electrons. The first kappa shape index (κ1) is 17.8. The number of hydrogen-bond acceptors (Lipinski definition) is 3. The van der Waals surface area contributed by atoms with Crippen molar-refractivity contribution in [3.8, 4) is 0 Å². The molecule has 1 saturated carbocycles. The van der Waals surface area contributed by atoms with E-state index in [-0.39, 0.29) is 36.4 Å². The van der Waals surface area contributed by atoms with Gasteiger partial charge in [-0.15, -0.1) is 0 Å². The molecular weight excluding hydrogens is 359 g/mol. The van der Waals surface area contributed by atoms with Crippen molar-refractivity contribution in [3.05, 3.63) is 34.4 Å². The zero-order valence-corrected chi connectivity index (χ0v) is 14.2. The summed E-state index contributed by atoms with van der Waals surface area (Å²) >= 11 is 5.89. The highest BCUT2D eigenvalue weighted by atomic mass is 35.5. The SMILES string of the molecule is Cn1ccc(CNC(=O)CCn2nc(C(F)(F)F)c(Cl)c2C2CC2)n1. The molecule has 1 aliphatic rings. The van der Waals surface area contributed by atoms with E-state index in [0.29, 0.717) is 11.4 Å². The normalized spacial score (nSPS) is 14.8. The van der Waals surface area contributed by atoms with Crippen LogP contribution in [0.1, 0.15) is 42.3 Å². The lowest BCUT2D eigenvalue weighted by atomic mass is 10.2. The van der Waals surface area contributed by atoms with Crippen LogP contribution in [0, 0.1) is 0 Å². The number of nitrogens with one attached hydrogen (secondary N) is 1. The fourth-order valence-electron chi connectivity index (χ4n) is 2.59. The summed E-state index contributed by atoms with van der Waals surface area (Å²) in [5.74, 6) is -0.291. The van der Waals surface area contributed by atoms with Crippen molar-refractivity contribution in [1.82, 2.24) is 24.9 Å². The van der Waals surface area contributed by atoms with E-state index in [2.05, 4.69) is 15.5 Å². The highest BCUT2D eigenvalue weighted by Crippen LogP contribution is 2.46. The number of nitrogens with zero attached hydrogens (tertiary/aromatic N) is 4. The predicted molar refractivity (Wildman–Crippen MR) is 83.9 cm³/mol. The Morgan fingerprint density at radius 3 is 2.68 bits per heavy atom. The van der Waals surface area contributed by atoms with Gasteiger partial charge in [0.2, 0.25) is 5.91 Å². The van der Waals surface area contributed by atoms with E-state index in [1.807, 2.05) is 0 Å². The average molecular weight is 376 g/mol. The lowest BCUT2D eigenvalue weighted by molar-refractivity contribution is -0.141. The Morgan fingerprint density at radius 1 is 1.40 bits per heavy atom. The molecule has 1 amide bonds. The van der Waals surface area contributed by atoms with Gasteiger partial charge in [-0.3, -0.25) is 14.2 Å². The van der Waals surface area contributed by atoms with Crippen molar-refractivity contribution < 1.29 is 18.0 Å². The summed E-state index contributed by atoms with van der Waals surface area (Å²) in [6, 6.07) is 1.77. The van der Waals surface area contributed by atoms with Crippen LogP contribution in [-0.2, 0) is 31.1 Å². The minimum absolute atomic E-state index is 0.00678. The number of carbonyl (C=O) groups is 1. The predicted octanol–water partition coefficient (Wildman–Crippen LogP) is 2.87.